The predicted molar refractivity (Wildman–Crippen MR) is 110 cm³/mol. The van der Waals surface area contributed by atoms with E-state index in [1.807, 2.05) is 12.1 Å². The number of sulfonamides is 1. The number of carbonyl (C=O) groups is 1. The summed E-state index contributed by atoms with van der Waals surface area (Å²) in [6.45, 7) is 2.61. The van der Waals surface area contributed by atoms with Crippen LogP contribution in [0.15, 0.2) is 28.5 Å². The molecule has 0 radical (unpaired) electrons. The highest BCUT2D eigenvalue weighted by atomic mass is 32.2. The van der Waals surface area contributed by atoms with Crippen molar-refractivity contribution in [1.82, 2.24) is 9.62 Å². The Kier molecular flexibility index (Phi) is 6.78. The average molecular weight is 441 g/mol. The molecule has 0 bridgehead atoms. The molecule has 0 unspecified atom stereocenters. The number of thiophene rings is 1. The summed E-state index contributed by atoms with van der Waals surface area (Å²) in [6.07, 6.45) is 1.51. The maximum atomic E-state index is 12.4. The van der Waals surface area contributed by atoms with Crippen LogP contribution in [0.1, 0.15) is 27.2 Å². The van der Waals surface area contributed by atoms with E-state index in [1.54, 1.807) is 14.2 Å². The predicted octanol–water partition coefficient (Wildman–Crippen LogP) is 2.19. The Morgan fingerprint density at radius 1 is 1.24 bits per heavy atom. The van der Waals surface area contributed by atoms with Crippen molar-refractivity contribution < 1.29 is 27.8 Å². The standard InChI is InChI=1S/C19H24N2O6S2/c1-26-15-10-13-4-8-21(12-14(13)11-16(15)27-2)7-3-6-20-29(24,25)17-5-9-28-18(17)19(22)23/h5,9-11,20H,3-4,6-8,12H2,1-2H3,(H,22,23). The van der Waals surface area contributed by atoms with Crippen LogP contribution in [0.25, 0.3) is 0 Å². The summed E-state index contributed by atoms with van der Waals surface area (Å²) in [5.41, 5.74) is 2.41. The molecule has 0 aliphatic carbocycles. The first-order valence-electron chi connectivity index (χ1n) is 9.12. The van der Waals surface area contributed by atoms with Crippen LogP contribution in [-0.4, -0.2) is 58.2 Å². The lowest BCUT2D eigenvalue weighted by molar-refractivity contribution is 0.0698. The van der Waals surface area contributed by atoms with Crippen molar-refractivity contribution in [3.05, 3.63) is 39.6 Å². The third-order valence-electron chi connectivity index (χ3n) is 4.85. The van der Waals surface area contributed by atoms with Crippen molar-refractivity contribution in [1.29, 1.82) is 0 Å². The first-order chi connectivity index (χ1) is 13.9. The number of nitrogens with zero attached hydrogens (tertiary/aromatic N) is 1. The second kappa shape index (κ2) is 9.12. The SMILES string of the molecule is COc1cc2c(cc1OC)CN(CCCNS(=O)(=O)c1ccsc1C(=O)O)CC2. The fourth-order valence-corrected chi connectivity index (χ4v) is 5.72. The number of carboxylic acid groups (broad SMARTS) is 1. The van der Waals surface area contributed by atoms with Crippen LogP contribution in [0.2, 0.25) is 0 Å². The van der Waals surface area contributed by atoms with Crippen LogP contribution in [0, 0.1) is 0 Å². The van der Waals surface area contributed by atoms with Gasteiger partial charge in [-0.3, -0.25) is 4.90 Å². The Hall–Kier alpha value is -2.14. The molecule has 0 saturated carbocycles. The lowest BCUT2D eigenvalue weighted by Crippen LogP contribution is -2.34. The number of benzene rings is 1. The third kappa shape index (κ3) is 4.89. The molecule has 1 aliphatic rings. The highest BCUT2D eigenvalue weighted by Gasteiger charge is 2.24. The van der Waals surface area contributed by atoms with Gasteiger partial charge >= 0.3 is 5.97 Å². The van der Waals surface area contributed by atoms with Crippen LogP contribution in [0.5, 0.6) is 11.5 Å². The number of ether oxygens (including phenoxy) is 2. The van der Waals surface area contributed by atoms with E-state index >= 15 is 0 Å². The molecule has 2 aromatic rings. The quantitative estimate of drug-likeness (QED) is 0.576. The Morgan fingerprint density at radius 3 is 2.59 bits per heavy atom. The second-order valence-corrected chi connectivity index (χ2v) is 9.32. The van der Waals surface area contributed by atoms with Crippen molar-refractivity contribution in [2.75, 3.05) is 33.9 Å². The number of carboxylic acids is 1. The van der Waals surface area contributed by atoms with Crippen molar-refractivity contribution >= 4 is 27.3 Å². The molecule has 1 aromatic carbocycles. The highest BCUT2D eigenvalue weighted by Crippen LogP contribution is 2.33. The molecule has 2 heterocycles. The highest BCUT2D eigenvalue weighted by molar-refractivity contribution is 7.89. The third-order valence-corrected chi connectivity index (χ3v) is 7.39. The first-order valence-corrected chi connectivity index (χ1v) is 11.5. The van der Waals surface area contributed by atoms with Crippen LogP contribution in [0.3, 0.4) is 0 Å². The monoisotopic (exact) mass is 440 g/mol. The molecule has 158 valence electrons. The van der Waals surface area contributed by atoms with Crippen LogP contribution in [0.4, 0.5) is 0 Å². The number of fused-ring (bicyclic) bond motifs is 1. The van der Waals surface area contributed by atoms with Gasteiger partial charge in [-0.2, -0.15) is 0 Å². The van der Waals surface area contributed by atoms with Gasteiger partial charge in [0.25, 0.3) is 0 Å². The minimum Gasteiger partial charge on any atom is -0.493 e. The largest absolute Gasteiger partial charge is 0.493 e. The molecule has 1 aliphatic heterocycles. The summed E-state index contributed by atoms with van der Waals surface area (Å²) in [6, 6.07) is 5.33. The van der Waals surface area contributed by atoms with Crippen molar-refractivity contribution in [2.45, 2.75) is 24.3 Å². The van der Waals surface area contributed by atoms with Gasteiger partial charge < -0.3 is 14.6 Å². The molecule has 0 fully saturated rings. The molecule has 0 spiro atoms. The Morgan fingerprint density at radius 2 is 1.93 bits per heavy atom. The van der Waals surface area contributed by atoms with Gasteiger partial charge in [0, 0.05) is 19.6 Å². The second-order valence-electron chi connectivity index (χ2n) is 6.67. The van der Waals surface area contributed by atoms with Gasteiger partial charge in [0.2, 0.25) is 10.0 Å². The molecule has 29 heavy (non-hydrogen) atoms. The van der Waals surface area contributed by atoms with Crippen LogP contribution < -0.4 is 14.2 Å². The number of rotatable bonds is 9. The Bertz CT molecular complexity index is 987. The molecule has 1 aromatic heterocycles. The van der Waals surface area contributed by atoms with Crippen LogP contribution in [-0.2, 0) is 23.0 Å². The molecule has 0 atom stereocenters. The van der Waals surface area contributed by atoms with Crippen molar-refractivity contribution in [2.24, 2.45) is 0 Å². The van der Waals surface area contributed by atoms with Gasteiger partial charge in [-0.15, -0.1) is 11.3 Å². The van der Waals surface area contributed by atoms with Crippen molar-refractivity contribution in [3.63, 3.8) is 0 Å². The Balaban J connectivity index is 1.54. The molecule has 10 heteroatoms. The molecule has 2 N–H and O–H groups in total. The minimum atomic E-state index is -3.83. The molecule has 0 saturated heterocycles. The summed E-state index contributed by atoms with van der Waals surface area (Å²) in [7, 11) is -0.598. The van der Waals surface area contributed by atoms with Crippen LogP contribution >= 0.6 is 11.3 Å². The number of methoxy groups -OCH3 is 2. The maximum absolute atomic E-state index is 12.4. The van der Waals surface area contributed by atoms with E-state index in [0.29, 0.717) is 12.2 Å². The first kappa shape index (κ1) is 21.6. The summed E-state index contributed by atoms with van der Waals surface area (Å²) < 4.78 is 37.9. The number of nitrogens with one attached hydrogen (secondary N) is 1. The molecular weight excluding hydrogens is 416 g/mol. The topological polar surface area (TPSA) is 105 Å². The fraction of sp³-hybridized carbons (Fsp3) is 0.421. The van der Waals surface area contributed by atoms with E-state index in [0.717, 1.165) is 43.1 Å². The zero-order chi connectivity index (χ0) is 21.0. The lowest BCUT2D eigenvalue weighted by Gasteiger charge is -2.29. The summed E-state index contributed by atoms with van der Waals surface area (Å²) >= 11 is 0.899. The Labute approximate surface area is 174 Å². The number of aromatic carboxylic acids is 1. The van der Waals surface area contributed by atoms with Gasteiger partial charge in [0.15, 0.2) is 11.5 Å². The number of hydrogen-bond acceptors (Lipinski definition) is 7. The van der Waals surface area contributed by atoms with E-state index in [2.05, 4.69) is 9.62 Å². The van der Waals surface area contributed by atoms with E-state index in [1.165, 1.54) is 22.6 Å². The zero-order valence-corrected chi connectivity index (χ0v) is 17.9. The van der Waals surface area contributed by atoms with Gasteiger partial charge in [-0.25, -0.2) is 17.9 Å². The molecule has 3 rings (SSSR count). The van der Waals surface area contributed by atoms with Gasteiger partial charge in [0.05, 0.1) is 14.2 Å². The maximum Gasteiger partial charge on any atom is 0.347 e. The van der Waals surface area contributed by atoms with Crippen molar-refractivity contribution in [3.8, 4) is 11.5 Å². The molecular formula is C19H24N2O6S2. The molecule has 8 nitrogen and oxygen atoms in total. The smallest absolute Gasteiger partial charge is 0.347 e. The minimum absolute atomic E-state index is 0.172. The van der Waals surface area contributed by atoms with E-state index < -0.39 is 16.0 Å². The van der Waals surface area contributed by atoms with E-state index in [-0.39, 0.29) is 16.3 Å². The lowest BCUT2D eigenvalue weighted by atomic mass is 9.98. The van der Waals surface area contributed by atoms with E-state index in [4.69, 9.17) is 14.6 Å². The summed E-state index contributed by atoms with van der Waals surface area (Å²) in [5, 5.41) is 10.6. The summed E-state index contributed by atoms with van der Waals surface area (Å²) in [5.74, 6) is 0.188. The van der Waals surface area contributed by atoms with Gasteiger partial charge in [-0.1, -0.05) is 0 Å². The average Bonchev–Trinajstić information content (AvgIpc) is 3.21. The normalized spacial score (nSPS) is 14.4. The van der Waals surface area contributed by atoms with Gasteiger partial charge in [-0.05, 0) is 54.1 Å². The number of hydrogen-bond donors (Lipinski definition) is 2. The van der Waals surface area contributed by atoms with Gasteiger partial charge in [0.1, 0.15) is 9.77 Å². The summed E-state index contributed by atoms with van der Waals surface area (Å²) in [4.78, 5) is 13.1. The zero-order valence-electron chi connectivity index (χ0n) is 16.3. The van der Waals surface area contributed by atoms with E-state index in [9.17, 15) is 13.2 Å². The molecule has 0 amide bonds. The fourth-order valence-electron chi connectivity index (χ4n) is 3.38.